The lowest BCUT2D eigenvalue weighted by atomic mass is 10.1. The molecule has 3 rings (SSSR count). The van der Waals surface area contributed by atoms with Crippen molar-refractivity contribution in [2.45, 2.75) is 20.1 Å². The van der Waals surface area contributed by atoms with Crippen molar-refractivity contribution in [1.82, 2.24) is 9.80 Å². The molecule has 1 amide bonds. The van der Waals surface area contributed by atoms with Crippen molar-refractivity contribution in [3.05, 3.63) is 59.4 Å². The summed E-state index contributed by atoms with van der Waals surface area (Å²) in [5, 5.41) is 0. The van der Waals surface area contributed by atoms with E-state index in [1.165, 1.54) is 25.3 Å². The van der Waals surface area contributed by atoms with E-state index in [0.717, 1.165) is 5.56 Å². The van der Waals surface area contributed by atoms with Crippen molar-refractivity contribution < 1.29 is 32.2 Å². The summed E-state index contributed by atoms with van der Waals surface area (Å²) in [4.78, 5) is 16.5. The number of piperazine rings is 1. The van der Waals surface area contributed by atoms with Crippen LogP contribution in [0.1, 0.15) is 18.1 Å². The molecule has 0 saturated carbocycles. The van der Waals surface area contributed by atoms with Crippen molar-refractivity contribution in [3.63, 3.8) is 0 Å². The van der Waals surface area contributed by atoms with Crippen LogP contribution in [-0.4, -0.2) is 62.2 Å². The summed E-state index contributed by atoms with van der Waals surface area (Å²) in [6.45, 7) is 2.10. The second-order valence-corrected chi connectivity index (χ2v) is 7.42. The highest BCUT2D eigenvalue weighted by molar-refractivity contribution is 5.92. The van der Waals surface area contributed by atoms with Crippen molar-refractivity contribution in [2.24, 2.45) is 0 Å². The molecule has 0 aliphatic carbocycles. The van der Waals surface area contributed by atoms with Crippen LogP contribution < -0.4 is 14.2 Å². The van der Waals surface area contributed by atoms with E-state index < -0.39 is 12.4 Å². The van der Waals surface area contributed by atoms with Crippen LogP contribution in [-0.2, 0) is 11.3 Å². The Labute approximate surface area is 191 Å². The van der Waals surface area contributed by atoms with Gasteiger partial charge in [-0.1, -0.05) is 12.1 Å². The van der Waals surface area contributed by atoms with E-state index in [-0.39, 0.29) is 23.2 Å². The third-order valence-corrected chi connectivity index (χ3v) is 5.21. The van der Waals surface area contributed by atoms with Crippen LogP contribution in [0.15, 0.2) is 42.5 Å². The monoisotopic (exact) mass is 464 g/mol. The second-order valence-electron chi connectivity index (χ2n) is 7.42. The van der Waals surface area contributed by atoms with E-state index in [1.54, 1.807) is 36.1 Å². The van der Waals surface area contributed by atoms with Gasteiger partial charge in [0.05, 0.1) is 13.7 Å². The van der Waals surface area contributed by atoms with Crippen LogP contribution in [0.4, 0.5) is 13.2 Å². The van der Waals surface area contributed by atoms with Crippen LogP contribution in [0.3, 0.4) is 0 Å². The van der Waals surface area contributed by atoms with Crippen LogP contribution in [0.25, 0.3) is 6.08 Å². The first-order valence-electron chi connectivity index (χ1n) is 10.6. The van der Waals surface area contributed by atoms with Crippen LogP contribution in [0.5, 0.6) is 17.2 Å². The van der Waals surface area contributed by atoms with Gasteiger partial charge in [0.1, 0.15) is 0 Å². The lowest BCUT2D eigenvalue weighted by molar-refractivity contribution is -0.127. The number of methoxy groups -OCH3 is 1. The Kier molecular flexibility index (Phi) is 8.59. The first kappa shape index (κ1) is 24.4. The zero-order valence-electron chi connectivity index (χ0n) is 18.6. The minimum absolute atomic E-state index is 0.0526. The van der Waals surface area contributed by atoms with Gasteiger partial charge in [0.25, 0.3) is 0 Å². The Morgan fingerprint density at radius 2 is 1.79 bits per heavy atom. The smallest absolute Gasteiger partial charge is 0.387 e. The normalized spacial score (nSPS) is 14.7. The standard InChI is InChI=1S/C24H27F3N2O4/c1-3-32-22-15-17(4-8-21(22)33-24(26)27)6-9-23(30)29-12-10-28(11-13-29)16-18-5-7-20(31-2)19(25)14-18/h4-9,14-15,24H,3,10-13,16H2,1-2H3/b9-6+. The number of benzene rings is 2. The van der Waals surface area contributed by atoms with Gasteiger partial charge in [0.15, 0.2) is 23.1 Å². The Morgan fingerprint density at radius 3 is 2.42 bits per heavy atom. The van der Waals surface area contributed by atoms with Gasteiger partial charge < -0.3 is 19.1 Å². The Balaban J connectivity index is 1.54. The number of halogens is 3. The van der Waals surface area contributed by atoms with E-state index in [4.69, 9.17) is 9.47 Å². The second kappa shape index (κ2) is 11.6. The maximum Gasteiger partial charge on any atom is 0.387 e. The van der Waals surface area contributed by atoms with Gasteiger partial charge in [-0.2, -0.15) is 8.78 Å². The molecule has 1 fully saturated rings. The first-order valence-corrected chi connectivity index (χ1v) is 10.6. The fourth-order valence-corrected chi connectivity index (χ4v) is 3.56. The first-order chi connectivity index (χ1) is 15.9. The Morgan fingerprint density at radius 1 is 1.06 bits per heavy atom. The third-order valence-electron chi connectivity index (χ3n) is 5.21. The topological polar surface area (TPSA) is 51.2 Å². The number of nitrogens with zero attached hydrogens (tertiary/aromatic N) is 2. The van der Waals surface area contributed by atoms with Crippen molar-refractivity contribution in [3.8, 4) is 17.2 Å². The van der Waals surface area contributed by atoms with Crippen LogP contribution in [0.2, 0.25) is 0 Å². The minimum atomic E-state index is -2.95. The summed E-state index contributed by atoms with van der Waals surface area (Å²) in [6, 6.07) is 9.43. The van der Waals surface area contributed by atoms with E-state index in [2.05, 4.69) is 9.64 Å². The van der Waals surface area contributed by atoms with Gasteiger partial charge in [-0.3, -0.25) is 9.69 Å². The molecule has 0 aromatic heterocycles. The molecular formula is C24H27F3N2O4. The molecule has 1 saturated heterocycles. The number of hydrogen-bond acceptors (Lipinski definition) is 5. The maximum absolute atomic E-state index is 13.9. The van der Waals surface area contributed by atoms with E-state index >= 15 is 0 Å². The molecule has 0 N–H and O–H groups in total. The number of hydrogen-bond donors (Lipinski definition) is 0. The van der Waals surface area contributed by atoms with Crippen molar-refractivity contribution in [2.75, 3.05) is 39.9 Å². The van der Waals surface area contributed by atoms with Crippen LogP contribution in [0, 0.1) is 5.82 Å². The van der Waals surface area contributed by atoms with Gasteiger partial charge in [-0.05, 0) is 48.4 Å². The zero-order chi connectivity index (χ0) is 23.8. The molecule has 1 heterocycles. The Bertz CT molecular complexity index is 976. The molecule has 6 nitrogen and oxygen atoms in total. The zero-order valence-corrected chi connectivity index (χ0v) is 18.6. The SMILES string of the molecule is CCOc1cc(/C=C/C(=O)N2CCN(Cc3ccc(OC)c(F)c3)CC2)ccc1OC(F)F. The number of amides is 1. The molecule has 2 aromatic rings. The predicted octanol–water partition coefficient (Wildman–Crippen LogP) is 4.19. The molecular weight excluding hydrogens is 437 g/mol. The maximum atomic E-state index is 13.9. The number of rotatable bonds is 9. The molecule has 0 spiro atoms. The molecule has 1 aliphatic rings. The van der Waals surface area contributed by atoms with Crippen LogP contribution >= 0.6 is 0 Å². The minimum Gasteiger partial charge on any atom is -0.494 e. The lowest BCUT2D eigenvalue weighted by Crippen LogP contribution is -2.47. The average molecular weight is 464 g/mol. The number of ether oxygens (including phenoxy) is 3. The molecule has 0 atom stereocenters. The van der Waals surface area contributed by atoms with E-state index in [9.17, 15) is 18.0 Å². The highest BCUT2D eigenvalue weighted by atomic mass is 19.3. The summed E-state index contributed by atoms with van der Waals surface area (Å²) in [5.74, 6) is -0.184. The fourth-order valence-electron chi connectivity index (χ4n) is 3.56. The number of alkyl halides is 2. The van der Waals surface area contributed by atoms with Gasteiger partial charge in [0.2, 0.25) is 5.91 Å². The van der Waals surface area contributed by atoms with Gasteiger partial charge in [-0.15, -0.1) is 0 Å². The molecule has 0 bridgehead atoms. The molecule has 9 heteroatoms. The van der Waals surface area contributed by atoms with Gasteiger partial charge in [0, 0.05) is 38.8 Å². The number of carbonyl (C=O) groups is 1. The molecule has 0 radical (unpaired) electrons. The summed E-state index contributed by atoms with van der Waals surface area (Å²) >= 11 is 0. The summed E-state index contributed by atoms with van der Waals surface area (Å²) in [7, 11) is 1.43. The highest BCUT2D eigenvalue weighted by Gasteiger charge is 2.20. The van der Waals surface area contributed by atoms with E-state index in [0.29, 0.717) is 44.9 Å². The lowest BCUT2D eigenvalue weighted by Gasteiger charge is -2.34. The fraction of sp³-hybridized carbons (Fsp3) is 0.375. The van der Waals surface area contributed by atoms with Crippen molar-refractivity contribution >= 4 is 12.0 Å². The molecule has 33 heavy (non-hydrogen) atoms. The molecule has 1 aliphatic heterocycles. The van der Waals surface area contributed by atoms with Crippen molar-refractivity contribution in [1.29, 1.82) is 0 Å². The summed E-state index contributed by atoms with van der Waals surface area (Å²) < 4.78 is 53.7. The van der Waals surface area contributed by atoms with Gasteiger partial charge >= 0.3 is 6.61 Å². The average Bonchev–Trinajstić information content (AvgIpc) is 2.79. The third kappa shape index (κ3) is 6.89. The molecule has 178 valence electrons. The number of carbonyl (C=O) groups excluding carboxylic acids is 1. The molecule has 2 aromatic carbocycles. The van der Waals surface area contributed by atoms with E-state index in [1.807, 2.05) is 6.07 Å². The highest BCUT2D eigenvalue weighted by Crippen LogP contribution is 2.30. The quantitative estimate of drug-likeness (QED) is 0.521. The summed E-state index contributed by atoms with van der Waals surface area (Å²) in [6.07, 6.45) is 3.07. The van der Waals surface area contributed by atoms with Gasteiger partial charge in [-0.25, -0.2) is 4.39 Å². The largest absolute Gasteiger partial charge is 0.494 e. The predicted molar refractivity (Wildman–Crippen MR) is 118 cm³/mol. The molecule has 0 unspecified atom stereocenters. The Hall–Kier alpha value is -3.20. The summed E-state index contributed by atoms with van der Waals surface area (Å²) in [5.41, 5.74) is 1.48.